The molecule has 1 unspecified atom stereocenters. The number of hydrogen-bond acceptors (Lipinski definition) is 7. The Kier molecular flexibility index (Phi) is 7.15. The topological polar surface area (TPSA) is 122 Å². The van der Waals surface area contributed by atoms with Crippen LogP contribution in [0.15, 0.2) is 0 Å². The lowest BCUT2D eigenvalue weighted by Crippen LogP contribution is -2.45. The third-order valence-corrected chi connectivity index (χ3v) is 4.94. The van der Waals surface area contributed by atoms with Crippen LogP contribution in [0.3, 0.4) is 0 Å². The van der Waals surface area contributed by atoms with Crippen LogP contribution in [0, 0.1) is 0 Å². The molecule has 1 heterocycles. The minimum atomic E-state index is -3.57. The van der Waals surface area contributed by atoms with Crippen molar-refractivity contribution in [3.05, 3.63) is 0 Å². The predicted molar refractivity (Wildman–Crippen MR) is 75.1 cm³/mol. The maximum atomic E-state index is 12.2. The molecule has 1 atom stereocenters. The zero-order chi connectivity index (χ0) is 16.8. The molecule has 0 aliphatic carbocycles. The number of nitrogens with zero attached hydrogens (tertiary/aromatic N) is 1. The van der Waals surface area contributed by atoms with E-state index in [2.05, 4.69) is 5.32 Å². The van der Waals surface area contributed by atoms with Crippen LogP contribution in [0.4, 0.5) is 0 Å². The van der Waals surface area contributed by atoms with Crippen LogP contribution < -0.4 is 5.32 Å². The molecule has 1 rings (SSSR count). The van der Waals surface area contributed by atoms with Gasteiger partial charge in [0.05, 0.1) is 19.6 Å². The average molecular weight is 336 g/mol. The Hall–Kier alpha value is -1.28. The molecule has 1 fully saturated rings. The summed E-state index contributed by atoms with van der Waals surface area (Å²) in [7, 11) is -3.57. The Morgan fingerprint density at radius 1 is 1.36 bits per heavy atom. The molecule has 9 nitrogen and oxygen atoms in total. The average Bonchev–Trinajstić information content (AvgIpc) is 2.84. The van der Waals surface area contributed by atoms with Gasteiger partial charge in [0.15, 0.2) is 5.78 Å². The van der Waals surface area contributed by atoms with Crippen molar-refractivity contribution in [2.75, 3.05) is 19.4 Å². The zero-order valence-electron chi connectivity index (χ0n) is 12.6. The zero-order valence-corrected chi connectivity index (χ0v) is 13.5. The molecule has 10 heteroatoms. The minimum absolute atomic E-state index is 0.110. The highest BCUT2D eigenvalue weighted by Crippen LogP contribution is 2.47. The van der Waals surface area contributed by atoms with Gasteiger partial charge in [0, 0.05) is 6.42 Å². The largest absolute Gasteiger partial charge is 0.338 e. The number of ketones is 1. The summed E-state index contributed by atoms with van der Waals surface area (Å²) in [6.45, 7) is 3.44. The molecule has 2 amide bonds. The van der Waals surface area contributed by atoms with Crippen LogP contribution in [-0.2, 0) is 28.0 Å². The molecule has 0 bridgehead atoms. The Morgan fingerprint density at radius 3 is 2.41 bits per heavy atom. The fourth-order valence-corrected chi connectivity index (χ4v) is 3.59. The number of Topliss-reactive ketones (excluding diaryl/α,β-unsaturated/α-hetero) is 1. The highest BCUT2D eigenvalue weighted by molar-refractivity contribution is 7.54. The van der Waals surface area contributed by atoms with E-state index in [1.165, 1.54) is 0 Å². The molecule has 1 saturated heterocycles. The fraction of sp³-hybridized carbons (Fsp3) is 0.750. The normalized spacial score (nSPS) is 18.1. The van der Waals surface area contributed by atoms with Crippen LogP contribution >= 0.6 is 7.60 Å². The summed E-state index contributed by atoms with van der Waals surface area (Å²) < 4.78 is 22.1. The fourth-order valence-electron chi connectivity index (χ4n) is 2.00. The summed E-state index contributed by atoms with van der Waals surface area (Å²) >= 11 is 0. The van der Waals surface area contributed by atoms with Crippen molar-refractivity contribution in [2.45, 2.75) is 39.3 Å². The number of hydrogen-bond donors (Lipinski definition) is 2. The second-order valence-electron chi connectivity index (χ2n) is 4.68. The summed E-state index contributed by atoms with van der Waals surface area (Å²) in [5.74, 6) is -1.82. The quantitative estimate of drug-likeness (QED) is 0.274. The van der Waals surface area contributed by atoms with Gasteiger partial charge in [-0.25, -0.2) is 5.06 Å². The van der Waals surface area contributed by atoms with Gasteiger partial charge in [-0.1, -0.05) is 0 Å². The van der Waals surface area contributed by atoms with Gasteiger partial charge in [0.2, 0.25) is 5.91 Å². The van der Waals surface area contributed by atoms with Gasteiger partial charge in [-0.15, -0.1) is 0 Å². The summed E-state index contributed by atoms with van der Waals surface area (Å²) in [5.41, 5.74) is 0. The van der Waals surface area contributed by atoms with E-state index < -0.39 is 38.0 Å². The lowest BCUT2D eigenvalue weighted by atomic mass is 10.2. The van der Waals surface area contributed by atoms with Gasteiger partial charge in [-0.2, -0.15) is 0 Å². The number of amides is 2. The Bertz CT molecular complexity index is 472. The second kappa shape index (κ2) is 8.38. The smallest absolute Gasteiger partial charge is 0.334 e. The van der Waals surface area contributed by atoms with Crippen molar-refractivity contribution in [3.8, 4) is 0 Å². The summed E-state index contributed by atoms with van der Waals surface area (Å²) in [6.07, 6.45) is -1.55. The van der Waals surface area contributed by atoms with Crippen LogP contribution in [0.25, 0.3) is 0 Å². The second-order valence-corrected chi connectivity index (χ2v) is 6.73. The molecule has 2 N–H and O–H groups in total. The predicted octanol–water partition coefficient (Wildman–Crippen LogP) is 0.666. The molecular weight excluding hydrogens is 315 g/mol. The highest BCUT2D eigenvalue weighted by atomic mass is 31.2. The first-order chi connectivity index (χ1) is 10.3. The van der Waals surface area contributed by atoms with Crippen molar-refractivity contribution in [2.24, 2.45) is 0 Å². The van der Waals surface area contributed by atoms with Gasteiger partial charge < -0.3 is 14.4 Å². The molecule has 0 spiro atoms. The Balaban J connectivity index is 2.54. The number of hydroxylamine groups is 2. The maximum absolute atomic E-state index is 12.2. The number of rotatable bonds is 9. The Labute approximate surface area is 128 Å². The molecule has 0 radical (unpaired) electrons. The third kappa shape index (κ3) is 5.49. The van der Waals surface area contributed by atoms with Crippen molar-refractivity contribution in [1.29, 1.82) is 0 Å². The first-order valence-corrected chi connectivity index (χ1v) is 8.74. The lowest BCUT2D eigenvalue weighted by Gasteiger charge is -2.22. The standard InChI is InChI=1S/C12H21N2O7P/c1-3-20-22(19,21-4-2)8-9(15)7-12(17)14(18)10-5-6-11(16)13-10/h10,18H,3-8H2,1-2H3,(H,13,16). The van der Waals surface area contributed by atoms with E-state index in [4.69, 9.17) is 9.05 Å². The molecular formula is C12H21N2O7P. The molecule has 0 aromatic rings. The third-order valence-electron chi connectivity index (χ3n) is 2.89. The molecule has 22 heavy (non-hydrogen) atoms. The van der Waals surface area contributed by atoms with Crippen LogP contribution in [0.2, 0.25) is 0 Å². The molecule has 0 aromatic heterocycles. The van der Waals surface area contributed by atoms with E-state index in [-0.39, 0.29) is 32.0 Å². The van der Waals surface area contributed by atoms with Crippen molar-refractivity contribution in [3.63, 3.8) is 0 Å². The number of carbonyl (C=O) groups is 3. The Morgan fingerprint density at radius 2 is 1.95 bits per heavy atom. The monoisotopic (exact) mass is 336 g/mol. The van der Waals surface area contributed by atoms with E-state index in [1.807, 2.05) is 0 Å². The van der Waals surface area contributed by atoms with Crippen molar-refractivity contribution < 1.29 is 33.2 Å². The van der Waals surface area contributed by atoms with E-state index in [9.17, 15) is 24.2 Å². The summed E-state index contributed by atoms with van der Waals surface area (Å²) in [6, 6.07) is 0. The highest BCUT2D eigenvalue weighted by Gasteiger charge is 2.32. The summed E-state index contributed by atoms with van der Waals surface area (Å²) in [5, 5.41) is 12.4. The molecule has 0 saturated carbocycles. The summed E-state index contributed by atoms with van der Waals surface area (Å²) in [4.78, 5) is 34.6. The van der Waals surface area contributed by atoms with E-state index in [0.717, 1.165) is 0 Å². The van der Waals surface area contributed by atoms with Gasteiger partial charge >= 0.3 is 7.60 Å². The first kappa shape index (κ1) is 18.8. The van der Waals surface area contributed by atoms with Crippen LogP contribution in [0.1, 0.15) is 33.1 Å². The van der Waals surface area contributed by atoms with Crippen LogP contribution in [0.5, 0.6) is 0 Å². The molecule has 126 valence electrons. The van der Waals surface area contributed by atoms with Crippen molar-refractivity contribution >= 4 is 25.2 Å². The molecule has 1 aliphatic rings. The van der Waals surface area contributed by atoms with Gasteiger partial charge in [-0.3, -0.25) is 24.2 Å². The molecule has 0 aromatic carbocycles. The molecule has 1 aliphatic heterocycles. The van der Waals surface area contributed by atoms with Crippen molar-refractivity contribution in [1.82, 2.24) is 10.4 Å². The minimum Gasteiger partial charge on any atom is -0.334 e. The lowest BCUT2D eigenvalue weighted by molar-refractivity contribution is -0.177. The first-order valence-electron chi connectivity index (χ1n) is 7.01. The number of carbonyl (C=O) groups excluding carboxylic acids is 3. The van der Waals surface area contributed by atoms with Crippen LogP contribution in [-0.4, -0.2) is 53.4 Å². The van der Waals surface area contributed by atoms with E-state index in [1.54, 1.807) is 13.8 Å². The SMILES string of the molecule is CCOP(=O)(CC(=O)CC(=O)N(O)C1CCC(=O)N1)OCC. The van der Waals surface area contributed by atoms with E-state index in [0.29, 0.717) is 5.06 Å². The number of nitrogens with one attached hydrogen (secondary N) is 1. The maximum Gasteiger partial charge on any atom is 0.338 e. The van der Waals surface area contributed by atoms with Gasteiger partial charge in [-0.05, 0) is 20.3 Å². The van der Waals surface area contributed by atoms with Gasteiger partial charge in [0.25, 0.3) is 5.91 Å². The van der Waals surface area contributed by atoms with Gasteiger partial charge in [0.1, 0.15) is 12.3 Å². The van der Waals surface area contributed by atoms with E-state index >= 15 is 0 Å².